The van der Waals surface area contributed by atoms with Gasteiger partial charge in [0.05, 0.1) is 12.7 Å². The van der Waals surface area contributed by atoms with E-state index in [9.17, 15) is 9.59 Å². The molecule has 0 radical (unpaired) electrons. The lowest BCUT2D eigenvalue weighted by atomic mass is 10.1. The predicted octanol–water partition coefficient (Wildman–Crippen LogP) is 3.55. The molecule has 0 aromatic heterocycles. The molecule has 2 aromatic carbocycles. The number of fused-ring (bicyclic) bond motifs is 1. The van der Waals surface area contributed by atoms with Crippen LogP contribution in [0.1, 0.15) is 28.4 Å². The molecule has 1 heterocycles. The van der Waals surface area contributed by atoms with Gasteiger partial charge in [-0.1, -0.05) is 6.07 Å². The summed E-state index contributed by atoms with van der Waals surface area (Å²) in [6.07, 6.45) is 1.68. The number of Topliss-reactive ketones (excluding diaryl/α,β-unsaturated/α-hetero) is 1. The van der Waals surface area contributed by atoms with Crippen LogP contribution in [0.3, 0.4) is 0 Å². The summed E-state index contributed by atoms with van der Waals surface area (Å²) < 4.78 is 15.9. The second-order valence-electron chi connectivity index (χ2n) is 5.42. The molecule has 0 atom stereocenters. The number of allylic oxidation sites excluding steroid dienone is 1. The first-order valence-corrected chi connectivity index (χ1v) is 7.39. The van der Waals surface area contributed by atoms with E-state index in [-0.39, 0.29) is 11.5 Å². The molecule has 1 aliphatic heterocycles. The summed E-state index contributed by atoms with van der Waals surface area (Å²) in [5, 5.41) is 0. The number of ether oxygens (including phenoxy) is 3. The summed E-state index contributed by atoms with van der Waals surface area (Å²) >= 11 is 0. The molecule has 24 heavy (non-hydrogen) atoms. The van der Waals surface area contributed by atoms with Crippen LogP contribution in [-0.2, 0) is 4.79 Å². The van der Waals surface area contributed by atoms with E-state index in [1.165, 1.54) is 13.0 Å². The summed E-state index contributed by atoms with van der Waals surface area (Å²) in [7, 11) is 1.61. The molecule has 1 aliphatic rings. The molecule has 2 aromatic rings. The molecule has 0 N–H and O–H groups in total. The maximum absolute atomic E-state index is 12.4. The minimum absolute atomic E-state index is 0.201. The molecule has 5 nitrogen and oxygen atoms in total. The van der Waals surface area contributed by atoms with Crippen molar-refractivity contribution in [1.29, 1.82) is 0 Å². The van der Waals surface area contributed by atoms with Crippen LogP contribution in [0.25, 0.3) is 6.08 Å². The van der Waals surface area contributed by atoms with Gasteiger partial charge < -0.3 is 14.2 Å². The topological polar surface area (TPSA) is 61.8 Å². The van der Waals surface area contributed by atoms with Crippen molar-refractivity contribution in [3.05, 3.63) is 58.8 Å². The lowest BCUT2D eigenvalue weighted by Crippen LogP contribution is -2.01. The summed E-state index contributed by atoms with van der Waals surface area (Å²) in [6, 6.07) is 10.3. The third-order valence-corrected chi connectivity index (χ3v) is 3.62. The van der Waals surface area contributed by atoms with Gasteiger partial charge in [-0.15, -0.1) is 0 Å². The zero-order valence-electron chi connectivity index (χ0n) is 13.6. The van der Waals surface area contributed by atoms with Gasteiger partial charge in [-0.25, -0.2) is 0 Å². The molecule has 0 spiro atoms. The van der Waals surface area contributed by atoms with Crippen LogP contribution < -0.4 is 14.2 Å². The second kappa shape index (κ2) is 6.20. The van der Waals surface area contributed by atoms with E-state index in [1.807, 2.05) is 25.1 Å². The van der Waals surface area contributed by atoms with Gasteiger partial charge in [-0.05, 0) is 48.4 Å². The highest BCUT2D eigenvalue weighted by Gasteiger charge is 2.27. The highest BCUT2D eigenvalue weighted by Crippen LogP contribution is 2.35. The second-order valence-corrected chi connectivity index (χ2v) is 5.42. The number of carbonyl (C=O) groups is 2. The number of carbonyl (C=O) groups excluding carboxylic acids is 2. The van der Waals surface area contributed by atoms with Crippen molar-refractivity contribution in [2.45, 2.75) is 13.8 Å². The Balaban J connectivity index is 1.90. The SMILES string of the molecule is COc1ccc(C=C2Oc3cc(OC(C)=O)ccc3C2=O)cc1C. The fourth-order valence-corrected chi connectivity index (χ4v) is 2.54. The number of benzene rings is 2. The fourth-order valence-electron chi connectivity index (χ4n) is 2.54. The maximum atomic E-state index is 12.4. The molecule has 0 saturated carbocycles. The van der Waals surface area contributed by atoms with Crippen LogP contribution in [-0.4, -0.2) is 18.9 Å². The van der Waals surface area contributed by atoms with Gasteiger partial charge in [-0.3, -0.25) is 9.59 Å². The first-order chi connectivity index (χ1) is 11.5. The number of esters is 1. The minimum Gasteiger partial charge on any atom is -0.496 e. The van der Waals surface area contributed by atoms with Crippen LogP contribution in [0.2, 0.25) is 0 Å². The van der Waals surface area contributed by atoms with E-state index in [2.05, 4.69) is 0 Å². The number of aryl methyl sites for hydroxylation is 1. The third-order valence-electron chi connectivity index (χ3n) is 3.62. The molecular formula is C19H16O5. The van der Waals surface area contributed by atoms with E-state index >= 15 is 0 Å². The standard InChI is InChI=1S/C19H16O5/c1-11-8-13(4-7-16(11)22-3)9-18-19(21)15-6-5-14(23-12(2)20)10-17(15)24-18/h4-10H,1-3H3. The van der Waals surface area contributed by atoms with Crippen LogP contribution in [0.4, 0.5) is 0 Å². The molecule has 0 aliphatic carbocycles. The number of ketones is 1. The molecule has 0 saturated heterocycles. The van der Waals surface area contributed by atoms with Crippen molar-refractivity contribution in [3.63, 3.8) is 0 Å². The lowest BCUT2D eigenvalue weighted by molar-refractivity contribution is -0.131. The minimum atomic E-state index is -0.427. The third kappa shape index (κ3) is 3.01. The Labute approximate surface area is 139 Å². The Bertz CT molecular complexity index is 864. The summed E-state index contributed by atoms with van der Waals surface area (Å²) in [5.74, 6) is 1.11. The first kappa shape index (κ1) is 15.8. The van der Waals surface area contributed by atoms with Crippen LogP contribution in [0.5, 0.6) is 17.2 Å². The smallest absolute Gasteiger partial charge is 0.308 e. The number of rotatable bonds is 3. The van der Waals surface area contributed by atoms with Gasteiger partial charge in [0.15, 0.2) is 5.76 Å². The van der Waals surface area contributed by atoms with Crippen molar-refractivity contribution in [2.75, 3.05) is 7.11 Å². The van der Waals surface area contributed by atoms with Crippen molar-refractivity contribution in [2.24, 2.45) is 0 Å². The monoisotopic (exact) mass is 324 g/mol. The van der Waals surface area contributed by atoms with Gasteiger partial charge in [0, 0.05) is 13.0 Å². The van der Waals surface area contributed by atoms with Gasteiger partial charge in [-0.2, -0.15) is 0 Å². The van der Waals surface area contributed by atoms with Crippen molar-refractivity contribution >= 4 is 17.8 Å². The Kier molecular flexibility index (Phi) is 4.08. The largest absolute Gasteiger partial charge is 0.496 e. The molecule has 0 bridgehead atoms. The Hall–Kier alpha value is -3.08. The van der Waals surface area contributed by atoms with Gasteiger partial charge in [0.1, 0.15) is 17.2 Å². The zero-order valence-corrected chi connectivity index (χ0v) is 13.6. The van der Waals surface area contributed by atoms with E-state index in [0.29, 0.717) is 17.1 Å². The Morgan fingerprint density at radius 3 is 2.62 bits per heavy atom. The van der Waals surface area contributed by atoms with Crippen LogP contribution >= 0.6 is 0 Å². The normalized spacial score (nSPS) is 14.3. The molecule has 0 fully saturated rings. The Morgan fingerprint density at radius 1 is 1.17 bits per heavy atom. The average molecular weight is 324 g/mol. The zero-order chi connectivity index (χ0) is 17.3. The predicted molar refractivity (Wildman–Crippen MR) is 88.4 cm³/mol. The number of hydrogen-bond acceptors (Lipinski definition) is 5. The van der Waals surface area contributed by atoms with Crippen LogP contribution in [0, 0.1) is 6.92 Å². The van der Waals surface area contributed by atoms with Gasteiger partial charge >= 0.3 is 5.97 Å². The molecule has 5 heteroatoms. The highest BCUT2D eigenvalue weighted by molar-refractivity contribution is 6.14. The van der Waals surface area contributed by atoms with E-state index < -0.39 is 5.97 Å². The van der Waals surface area contributed by atoms with Crippen LogP contribution in [0.15, 0.2) is 42.2 Å². The van der Waals surface area contributed by atoms with E-state index in [1.54, 1.807) is 25.3 Å². The maximum Gasteiger partial charge on any atom is 0.308 e. The summed E-state index contributed by atoms with van der Waals surface area (Å²) in [4.78, 5) is 23.4. The number of hydrogen-bond donors (Lipinski definition) is 0. The molecule has 0 amide bonds. The molecule has 122 valence electrons. The van der Waals surface area contributed by atoms with Crippen molar-refractivity contribution in [1.82, 2.24) is 0 Å². The molecular weight excluding hydrogens is 308 g/mol. The lowest BCUT2D eigenvalue weighted by Gasteiger charge is -2.05. The summed E-state index contributed by atoms with van der Waals surface area (Å²) in [5.41, 5.74) is 2.25. The first-order valence-electron chi connectivity index (χ1n) is 7.39. The number of methoxy groups -OCH3 is 1. The van der Waals surface area contributed by atoms with Crippen molar-refractivity contribution in [3.8, 4) is 17.2 Å². The van der Waals surface area contributed by atoms with E-state index in [0.717, 1.165) is 16.9 Å². The quantitative estimate of drug-likeness (QED) is 0.491. The average Bonchev–Trinajstić information content (AvgIpc) is 2.82. The fraction of sp³-hybridized carbons (Fsp3) is 0.158. The van der Waals surface area contributed by atoms with E-state index in [4.69, 9.17) is 14.2 Å². The molecule has 3 rings (SSSR count). The van der Waals surface area contributed by atoms with Crippen molar-refractivity contribution < 1.29 is 23.8 Å². The molecule has 0 unspecified atom stereocenters. The highest BCUT2D eigenvalue weighted by atomic mass is 16.5. The van der Waals surface area contributed by atoms with Gasteiger partial charge in [0.2, 0.25) is 5.78 Å². The Morgan fingerprint density at radius 2 is 1.96 bits per heavy atom. The van der Waals surface area contributed by atoms with Gasteiger partial charge in [0.25, 0.3) is 0 Å². The summed E-state index contributed by atoms with van der Waals surface area (Å²) in [6.45, 7) is 3.24.